The number of amides is 1. The van der Waals surface area contributed by atoms with Gasteiger partial charge in [0.15, 0.2) is 16.6 Å². The summed E-state index contributed by atoms with van der Waals surface area (Å²) in [7, 11) is 3.14. The molecule has 6 nitrogen and oxygen atoms in total. The first-order valence-corrected chi connectivity index (χ1v) is 10.1. The number of benzene rings is 2. The van der Waals surface area contributed by atoms with Crippen LogP contribution >= 0.6 is 28.1 Å². The molecular formula is C21H22BrN3O3S. The number of nitrogens with one attached hydrogen (secondary N) is 3. The zero-order valence-electron chi connectivity index (χ0n) is 16.6. The highest BCUT2D eigenvalue weighted by atomic mass is 79.9. The molecule has 3 N–H and O–H groups in total. The van der Waals surface area contributed by atoms with Crippen molar-refractivity contribution in [3.05, 3.63) is 63.3 Å². The van der Waals surface area contributed by atoms with Crippen LogP contribution < -0.4 is 25.4 Å². The van der Waals surface area contributed by atoms with Gasteiger partial charge in [0.1, 0.15) is 0 Å². The van der Waals surface area contributed by atoms with Crippen LogP contribution in [0.1, 0.15) is 24.1 Å². The molecule has 2 aromatic carbocycles. The van der Waals surface area contributed by atoms with E-state index in [0.717, 1.165) is 21.3 Å². The standard InChI is InChI=1S/C21H22BrN3O3S/c1-11-7-5-6-8-15(11)24-20(26)17-12(2)23-21(29)25-18(17)14-9-13(22)10-16(27-3)19(14)28-4/h5-10,18H,1-4H3,(H,24,26)(H2,23,25,29). The molecule has 0 bridgehead atoms. The molecule has 0 spiro atoms. The fourth-order valence-corrected chi connectivity index (χ4v) is 4.03. The Bertz CT molecular complexity index is 1010. The van der Waals surface area contributed by atoms with E-state index in [-0.39, 0.29) is 5.91 Å². The van der Waals surface area contributed by atoms with Crippen LogP contribution in [-0.2, 0) is 4.79 Å². The van der Waals surface area contributed by atoms with Crippen molar-refractivity contribution in [2.24, 2.45) is 0 Å². The van der Waals surface area contributed by atoms with Gasteiger partial charge in [-0.25, -0.2) is 0 Å². The number of anilines is 1. The molecule has 0 saturated heterocycles. The molecule has 1 heterocycles. The third-order valence-electron chi connectivity index (χ3n) is 4.69. The summed E-state index contributed by atoms with van der Waals surface area (Å²) in [6.07, 6.45) is 0. The van der Waals surface area contributed by atoms with E-state index < -0.39 is 6.04 Å². The predicted octanol–water partition coefficient (Wildman–Crippen LogP) is 4.21. The molecule has 8 heteroatoms. The lowest BCUT2D eigenvalue weighted by Gasteiger charge is -2.31. The highest BCUT2D eigenvalue weighted by molar-refractivity contribution is 9.10. The van der Waals surface area contributed by atoms with E-state index in [1.54, 1.807) is 14.2 Å². The van der Waals surface area contributed by atoms with Crippen LogP contribution in [0, 0.1) is 6.92 Å². The van der Waals surface area contributed by atoms with Gasteiger partial charge < -0.3 is 25.4 Å². The molecule has 0 aromatic heterocycles. The summed E-state index contributed by atoms with van der Waals surface area (Å²) in [5.74, 6) is 0.858. The number of ether oxygens (including phenoxy) is 2. The first-order valence-electron chi connectivity index (χ1n) is 8.92. The number of carbonyl (C=O) groups excluding carboxylic acids is 1. The molecule has 1 atom stereocenters. The average molecular weight is 476 g/mol. The van der Waals surface area contributed by atoms with E-state index >= 15 is 0 Å². The zero-order valence-corrected chi connectivity index (χ0v) is 19.0. The fourth-order valence-electron chi connectivity index (χ4n) is 3.30. The molecule has 3 rings (SSSR count). The van der Waals surface area contributed by atoms with Gasteiger partial charge in [-0.15, -0.1) is 0 Å². The molecule has 1 unspecified atom stereocenters. The van der Waals surface area contributed by atoms with Gasteiger partial charge in [-0.1, -0.05) is 34.1 Å². The van der Waals surface area contributed by atoms with Gasteiger partial charge in [0.05, 0.1) is 25.8 Å². The summed E-state index contributed by atoms with van der Waals surface area (Å²) in [4.78, 5) is 13.3. The largest absolute Gasteiger partial charge is 0.493 e. The minimum absolute atomic E-state index is 0.231. The second kappa shape index (κ2) is 8.84. The van der Waals surface area contributed by atoms with Crippen molar-refractivity contribution in [3.63, 3.8) is 0 Å². The summed E-state index contributed by atoms with van der Waals surface area (Å²) in [5.41, 5.74) is 3.65. The molecule has 0 radical (unpaired) electrons. The number of hydrogen-bond acceptors (Lipinski definition) is 4. The quantitative estimate of drug-likeness (QED) is 0.562. The maximum Gasteiger partial charge on any atom is 0.255 e. The van der Waals surface area contributed by atoms with E-state index in [4.69, 9.17) is 21.7 Å². The summed E-state index contributed by atoms with van der Waals surface area (Å²) < 4.78 is 11.9. The first-order chi connectivity index (χ1) is 13.8. The van der Waals surface area contributed by atoms with E-state index in [1.807, 2.05) is 50.2 Å². The van der Waals surface area contributed by atoms with Crippen LogP contribution in [0.25, 0.3) is 0 Å². The van der Waals surface area contributed by atoms with Crippen molar-refractivity contribution in [2.45, 2.75) is 19.9 Å². The predicted molar refractivity (Wildman–Crippen MR) is 121 cm³/mol. The zero-order chi connectivity index (χ0) is 21.1. The maximum absolute atomic E-state index is 13.3. The van der Waals surface area contributed by atoms with Crippen LogP contribution in [0.3, 0.4) is 0 Å². The molecule has 152 valence electrons. The number of rotatable bonds is 5. The lowest BCUT2D eigenvalue weighted by atomic mass is 9.93. The number of carbonyl (C=O) groups is 1. The molecule has 1 aliphatic rings. The molecule has 0 aliphatic carbocycles. The summed E-state index contributed by atoms with van der Waals surface area (Å²) in [5, 5.41) is 9.67. The Kier molecular flexibility index (Phi) is 6.44. The number of methoxy groups -OCH3 is 2. The second-order valence-electron chi connectivity index (χ2n) is 6.57. The number of allylic oxidation sites excluding steroid dienone is 1. The summed E-state index contributed by atoms with van der Waals surface area (Å²) >= 11 is 8.86. The highest BCUT2D eigenvalue weighted by Gasteiger charge is 2.33. The van der Waals surface area contributed by atoms with Crippen molar-refractivity contribution >= 4 is 44.9 Å². The van der Waals surface area contributed by atoms with Crippen LogP contribution in [0.15, 0.2) is 52.1 Å². The fraction of sp³-hybridized carbons (Fsp3) is 0.238. The molecule has 1 amide bonds. The Morgan fingerprint density at radius 3 is 2.55 bits per heavy atom. The lowest BCUT2D eigenvalue weighted by molar-refractivity contribution is -0.113. The van der Waals surface area contributed by atoms with E-state index in [0.29, 0.717) is 27.9 Å². The van der Waals surface area contributed by atoms with Crippen molar-refractivity contribution in [1.82, 2.24) is 10.6 Å². The maximum atomic E-state index is 13.3. The highest BCUT2D eigenvalue weighted by Crippen LogP contribution is 2.41. The van der Waals surface area contributed by atoms with Gasteiger partial charge in [0.25, 0.3) is 5.91 Å². The van der Waals surface area contributed by atoms with E-state index in [2.05, 4.69) is 31.9 Å². The number of halogens is 1. The van der Waals surface area contributed by atoms with Gasteiger partial charge >= 0.3 is 0 Å². The average Bonchev–Trinajstić information content (AvgIpc) is 2.68. The van der Waals surface area contributed by atoms with Gasteiger partial charge in [-0.3, -0.25) is 4.79 Å². The lowest BCUT2D eigenvalue weighted by Crippen LogP contribution is -2.45. The normalized spacial score (nSPS) is 16.0. The number of hydrogen-bond donors (Lipinski definition) is 3. The Morgan fingerprint density at radius 2 is 1.90 bits per heavy atom. The molecule has 1 aliphatic heterocycles. The molecule has 0 fully saturated rings. The van der Waals surface area contributed by atoms with E-state index in [9.17, 15) is 4.79 Å². The summed E-state index contributed by atoms with van der Waals surface area (Å²) in [6, 6.07) is 10.8. The molecule has 2 aromatic rings. The van der Waals surface area contributed by atoms with Crippen molar-refractivity contribution < 1.29 is 14.3 Å². The Hall–Kier alpha value is -2.58. The van der Waals surface area contributed by atoms with Crippen molar-refractivity contribution in [2.75, 3.05) is 19.5 Å². The van der Waals surface area contributed by atoms with Gasteiger partial charge in [-0.05, 0) is 49.8 Å². The topological polar surface area (TPSA) is 71.6 Å². The van der Waals surface area contributed by atoms with Crippen LogP contribution in [0.2, 0.25) is 0 Å². The van der Waals surface area contributed by atoms with Crippen LogP contribution in [0.4, 0.5) is 5.69 Å². The van der Waals surface area contributed by atoms with Gasteiger partial charge in [0, 0.05) is 21.4 Å². The van der Waals surface area contributed by atoms with Crippen molar-refractivity contribution in [1.29, 1.82) is 0 Å². The third-order valence-corrected chi connectivity index (χ3v) is 5.37. The number of para-hydroxylation sites is 1. The minimum Gasteiger partial charge on any atom is -0.493 e. The Balaban J connectivity index is 2.09. The molecule has 0 saturated carbocycles. The summed E-state index contributed by atoms with van der Waals surface area (Å²) in [6.45, 7) is 3.78. The first kappa shape index (κ1) is 21.1. The Morgan fingerprint density at radius 1 is 1.17 bits per heavy atom. The SMILES string of the molecule is COc1cc(Br)cc(C2NC(=S)NC(C)=C2C(=O)Nc2ccccc2C)c1OC. The van der Waals surface area contributed by atoms with Crippen molar-refractivity contribution in [3.8, 4) is 11.5 Å². The monoisotopic (exact) mass is 475 g/mol. The van der Waals surface area contributed by atoms with Crippen LogP contribution in [-0.4, -0.2) is 25.2 Å². The Labute approximate surface area is 183 Å². The van der Waals surface area contributed by atoms with Gasteiger partial charge in [-0.2, -0.15) is 0 Å². The van der Waals surface area contributed by atoms with Gasteiger partial charge in [0.2, 0.25) is 0 Å². The second-order valence-corrected chi connectivity index (χ2v) is 7.89. The van der Waals surface area contributed by atoms with E-state index in [1.165, 1.54) is 0 Å². The number of thiocarbonyl (C=S) groups is 1. The van der Waals surface area contributed by atoms with Crippen LogP contribution in [0.5, 0.6) is 11.5 Å². The minimum atomic E-state index is -0.519. The molecular weight excluding hydrogens is 454 g/mol. The molecule has 29 heavy (non-hydrogen) atoms. The third kappa shape index (κ3) is 4.38. The smallest absolute Gasteiger partial charge is 0.255 e. The number of aryl methyl sites for hydroxylation is 1.